The zero-order chi connectivity index (χ0) is 17.0. The molecule has 126 valence electrons. The highest BCUT2D eigenvalue weighted by Gasteiger charge is 2.27. The molecule has 1 aromatic rings. The van der Waals surface area contributed by atoms with Crippen LogP contribution < -0.4 is 10.6 Å². The van der Waals surface area contributed by atoms with Crippen LogP contribution in [-0.4, -0.2) is 23.1 Å². The first-order valence-corrected chi connectivity index (χ1v) is 8.37. The number of carbonyl (C=O) groups is 2. The Balaban J connectivity index is 1.85. The van der Waals surface area contributed by atoms with Crippen molar-refractivity contribution in [2.24, 2.45) is 5.92 Å². The standard InChI is InChI=1S/C16H20Cl2N2O3/c1-9(12-3-2-4-13(17)14(12)18)19-16(23)20-11-7-5-10(6-8-11)15(21)22/h2-4,9-11H,5-8H2,1H3,(H,21,22)(H2,19,20,23). The smallest absolute Gasteiger partial charge is 0.315 e. The molecule has 0 bridgehead atoms. The van der Waals surface area contributed by atoms with Gasteiger partial charge in [-0.25, -0.2) is 4.79 Å². The van der Waals surface area contributed by atoms with E-state index in [1.54, 1.807) is 12.1 Å². The van der Waals surface area contributed by atoms with E-state index < -0.39 is 5.97 Å². The van der Waals surface area contributed by atoms with Gasteiger partial charge in [0, 0.05) is 6.04 Å². The number of benzene rings is 1. The van der Waals surface area contributed by atoms with Crippen LogP contribution in [0.25, 0.3) is 0 Å². The van der Waals surface area contributed by atoms with Crippen LogP contribution in [0.2, 0.25) is 10.0 Å². The second kappa shape index (κ2) is 7.88. The predicted octanol–water partition coefficient (Wildman–Crippen LogP) is 4.00. The lowest BCUT2D eigenvalue weighted by Gasteiger charge is -2.27. The lowest BCUT2D eigenvalue weighted by Crippen LogP contribution is -2.44. The van der Waals surface area contributed by atoms with Crippen molar-refractivity contribution in [3.63, 3.8) is 0 Å². The number of carboxylic acid groups (broad SMARTS) is 1. The van der Waals surface area contributed by atoms with Gasteiger partial charge in [-0.15, -0.1) is 0 Å². The minimum Gasteiger partial charge on any atom is -0.481 e. The van der Waals surface area contributed by atoms with E-state index in [1.165, 1.54) is 0 Å². The summed E-state index contributed by atoms with van der Waals surface area (Å²) >= 11 is 12.1. The Morgan fingerprint density at radius 1 is 1.22 bits per heavy atom. The molecule has 23 heavy (non-hydrogen) atoms. The van der Waals surface area contributed by atoms with Gasteiger partial charge in [0.05, 0.1) is 22.0 Å². The highest BCUT2D eigenvalue weighted by atomic mass is 35.5. The molecule has 1 unspecified atom stereocenters. The number of halogens is 2. The molecule has 0 heterocycles. The van der Waals surface area contributed by atoms with Crippen molar-refractivity contribution in [2.45, 2.75) is 44.7 Å². The molecule has 1 fully saturated rings. The highest BCUT2D eigenvalue weighted by Crippen LogP contribution is 2.30. The van der Waals surface area contributed by atoms with Gasteiger partial charge in [0.15, 0.2) is 0 Å². The Morgan fingerprint density at radius 3 is 2.48 bits per heavy atom. The number of hydrogen-bond acceptors (Lipinski definition) is 2. The fourth-order valence-corrected chi connectivity index (χ4v) is 3.31. The summed E-state index contributed by atoms with van der Waals surface area (Å²) < 4.78 is 0. The monoisotopic (exact) mass is 358 g/mol. The first-order valence-electron chi connectivity index (χ1n) is 7.62. The van der Waals surface area contributed by atoms with Crippen molar-refractivity contribution in [3.8, 4) is 0 Å². The van der Waals surface area contributed by atoms with E-state index in [0.717, 1.165) is 5.56 Å². The lowest BCUT2D eigenvalue weighted by atomic mass is 9.86. The molecule has 0 aromatic heterocycles. The van der Waals surface area contributed by atoms with E-state index in [2.05, 4.69) is 10.6 Å². The molecule has 1 aliphatic rings. The van der Waals surface area contributed by atoms with Gasteiger partial charge in [-0.05, 0) is 44.2 Å². The second-order valence-electron chi connectivity index (χ2n) is 5.87. The van der Waals surface area contributed by atoms with Gasteiger partial charge in [0.2, 0.25) is 0 Å². The average molecular weight is 359 g/mol. The second-order valence-corrected chi connectivity index (χ2v) is 6.65. The van der Waals surface area contributed by atoms with Crippen LogP contribution in [0.3, 0.4) is 0 Å². The SMILES string of the molecule is CC(NC(=O)NC1CCC(C(=O)O)CC1)c1cccc(Cl)c1Cl. The zero-order valence-corrected chi connectivity index (χ0v) is 14.3. The van der Waals surface area contributed by atoms with E-state index in [9.17, 15) is 9.59 Å². The van der Waals surface area contributed by atoms with Crippen LogP contribution in [-0.2, 0) is 4.79 Å². The maximum atomic E-state index is 12.1. The summed E-state index contributed by atoms with van der Waals surface area (Å²) in [5.41, 5.74) is 0.754. The number of carbonyl (C=O) groups excluding carboxylic acids is 1. The summed E-state index contributed by atoms with van der Waals surface area (Å²) in [5.74, 6) is -1.04. The molecule has 1 aliphatic carbocycles. The van der Waals surface area contributed by atoms with Gasteiger partial charge in [0.1, 0.15) is 0 Å². The van der Waals surface area contributed by atoms with Crippen molar-refractivity contribution in [2.75, 3.05) is 0 Å². The zero-order valence-electron chi connectivity index (χ0n) is 12.8. The van der Waals surface area contributed by atoms with Crippen molar-refractivity contribution in [1.29, 1.82) is 0 Å². The fourth-order valence-electron chi connectivity index (χ4n) is 2.84. The third kappa shape index (κ3) is 4.75. The summed E-state index contributed by atoms with van der Waals surface area (Å²) in [5, 5.41) is 15.6. The van der Waals surface area contributed by atoms with Gasteiger partial charge >= 0.3 is 12.0 Å². The molecule has 1 aromatic carbocycles. The van der Waals surface area contributed by atoms with Crippen LogP contribution in [0, 0.1) is 5.92 Å². The molecule has 1 atom stereocenters. The quantitative estimate of drug-likeness (QED) is 0.760. The maximum Gasteiger partial charge on any atom is 0.315 e. The summed E-state index contributed by atoms with van der Waals surface area (Å²) in [7, 11) is 0. The Kier molecular flexibility index (Phi) is 6.13. The van der Waals surface area contributed by atoms with Gasteiger partial charge in [-0.1, -0.05) is 35.3 Å². The maximum absolute atomic E-state index is 12.1. The molecule has 0 saturated heterocycles. The highest BCUT2D eigenvalue weighted by molar-refractivity contribution is 6.42. The Hall–Kier alpha value is -1.46. The summed E-state index contributed by atoms with van der Waals surface area (Å²) in [6.07, 6.45) is 2.54. The van der Waals surface area contributed by atoms with Gasteiger partial charge in [-0.2, -0.15) is 0 Å². The number of rotatable bonds is 4. The molecule has 3 N–H and O–H groups in total. The van der Waals surface area contributed by atoms with Gasteiger partial charge < -0.3 is 15.7 Å². The molecule has 5 nitrogen and oxygen atoms in total. The van der Waals surface area contributed by atoms with E-state index >= 15 is 0 Å². The molecular formula is C16H20Cl2N2O3. The van der Waals surface area contributed by atoms with Crippen molar-refractivity contribution < 1.29 is 14.7 Å². The first-order chi connectivity index (χ1) is 10.9. The van der Waals surface area contributed by atoms with Crippen molar-refractivity contribution in [1.82, 2.24) is 10.6 Å². The summed E-state index contributed by atoms with van der Waals surface area (Å²) in [4.78, 5) is 23.0. The molecule has 2 amide bonds. The largest absolute Gasteiger partial charge is 0.481 e. The molecule has 0 aliphatic heterocycles. The Bertz CT molecular complexity index is 587. The van der Waals surface area contributed by atoms with Gasteiger partial charge in [-0.3, -0.25) is 4.79 Å². The molecule has 7 heteroatoms. The minimum absolute atomic E-state index is 0.00707. The predicted molar refractivity (Wildman–Crippen MR) is 89.9 cm³/mol. The average Bonchev–Trinajstić information content (AvgIpc) is 2.50. The summed E-state index contributed by atoms with van der Waals surface area (Å²) in [6, 6.07) is 4.74. The number of nitrogens with one attached hydrogen (secondary N) is 2. The van der Waals surface area contributed by atoms with Crippen LogP contribution in [0.5, 0.6) is 0 Å². The third-order valence-corrected chi connectivity index (χ3v) is 5.04. The van der Waals surface area contributed by atoms with Crippen LogP contribution in [0.15, 0.2) is 18.2 Å². The normalized spacial score (nSPS) is 22.2. The molecule has 1 saturated carbocycles. The van der Waals surface area contributed by atoms with E-state index in [4.69, 9.17) is 28.3 Å². The van der Waals surface area contributed by atoms with E-state index in [-0.39, 0.29) is 24.0 Å². The van der Waals surface area contributed by atoms with Crippen LogP contribution >= 0.6 is 23.2 Å². The Labute approximate surface area is 145 Å². The van der Waals surface area contributed by atoms with E-state index in [1.807, 2.05) is 13.0 Å². The lowest BCUT2D eigenvalue weighted by molar-refractivity contribution is -0.142. The molecule has 0 radical (unpaired) electrons. The number of amides is 2. The van der Waals surface area contributed by atoms with Crippen molar-refractivity contribution in [3.05, 3.63) is 33.8 Å². The van der Waals surface area contributed by atoms with E-state index in [0.29, 0.717) is 35.7 Å². The van der Waals surface area contributed by atoms with Crippen molar-refractivity contribution >= 4 is 35.2 Å². The number of aliphatic carboxylic acids is 1. The topological polar surface area (TPSA) is 78.4 Å². The fraction of sp³-hybridized carbons (Fsp3) is 0.500. The molecule has 2 rings (SSSR count). The third-order valence-electron chi connectivity index (χ3n) is 4.21. The minimum atomic E-state index is -0.753. The number of hydrogen-bond donors (Lipinski definition) is 3. The molecule has 0 spiro atoms. The first kappa shape index (κ1) is 17.9. The number of carboxylic acids is 1. The number of urea groups is 1. The van der Waals surface area contributed by atoms with Crippen LogP contribution in [0.4, 0.5) is 4.79 Å². The Morgan fingerprint density at radius 2 is 1.87 bits per heavy atom. The molecular weight excluding hydrogens is 339 g/mol. The van der Waals surface area contributed by atoms with Gasteiger partial charge in [0.25, 0.3) is 0 Å². The summed E-state index contributed by atoms with van der Waals surface area (Å²) in [6.45, 7) is 1.83. The van der Waals surface area contributed by atoms with Crippen LogP contribution in [0.1, 0.15) is 44.2 Å².